The molecular weight excluding hydrogens is 232 g/mol. The summed E-state index contributed by atoms with van der Waals surface area (Å²) in [5.41, 5.74) is 6.59. The highest BCUT2D eigenvalue weighted by molar-refractivity contribution is 4.87. The van der Waals surface area contributed by atoms with Crippen LogP contribution in [0.4, 0.5) is 0 Å². The molecule has 1 atom stereocenters. The van der Waals surface area contributed by atoms with Crippen LogP contribution < -0.4 is 5.73 Å². The minimum Gasteiger partial charge on any atom is -0.329 e. The highest BCUT2D eigenvalue weighted by Crippen LogP contribution is 2.36. The summed E-state index contributed by atoms with van der Waals surface area (Å²) in [5.74, 6) is 1.78. The summed E-state index contributed by atoms with van der Waals surface area (Å²) in [6.07, 6.45) is 9.88. The van der Waals surface area contributed by atoms with E-state index in [4.69, 9.17) is 5.73 Å². The van der Waals surface area contributed by atoms with E-state index in [0.29, 0.717) is 11.5 Å². The van der Waals surface area contributed by atoms with E-state index in [1.807, 2.05) is 0 Å². The lowest BCUT2D eigenvalue weighted by Gasteiger charge is -2.44. The Kier molecular flexibility index (Phi) is 5.30. The number of likely N-dealkylation sites (tertiary alicyclic amines) is 1. The predicted molar refractivity (Wildman–Crippen MR) is 83.2 cm³/mol. The van der Waals surface area contributed by atoms with Gasteiger partial charge in [-0.05, 0) is 56.0 Å². The van der Waals surface area contributed by atoms with E-state index in [1.54, 1.807) is 0 Å². The molecule has 0 aromatic rings. The number of nitrogens with zero attached hydrogens (tertiary/aromatic N) is 1. The largest absolute Gasteiger partial charge is 0.329 e. The molecule has 2 fully saturated rings. The van der Waals surface area contributed by atoms with Gasteiger partial charge in [-0.1, -0.05) is 40.0 Å². The fourth-order valence-corrected chi connectivity index (χ4v) is 4.26. The number of hydrogen-bond acceptors (Lipinski definition) is 2. The third-order valence-electron chi connectivity index (χ3n) is 5.66. The maximum Gasteiger partial charge on any atom is 0.0246 e. The van der Waals surface area contributed by atoms with E-state index in [1.165, 1.54) is 58.0 Å². The lowest BCUT2D eigenvalue weighted by molar-refractivity contribution is 0.0540. The quantitative estimate of drug-likeness (QED) is 0.845. The first-order valence-electron chi connectivity index (χ1n) is 8.46. The van der Waals surface area contributed by atoms with Gasteiger partial charge in [0.15, 0.2) is 0 Å². The molecule has 0 radical (unpaired) electrons. The third-order valence-corrected chi connectivity index (χ3v) is 5.66. The second-order valence-electron chi connectivity index (χ2n) is 7.88. The molecule has 1 saturated carbocycles. The Labute approximate surface area is 120 Å². The van der Waals surface area contributed by atoms with Crippen LogP contribution in [0, 0.1) is 17.3 Å². The zero-order chi connectivity index (χ0) is 13.9. The van der Waals surface area contributed by atoms with Gasteiger partial charge >= 0.3 is 0 Å². The Morgan fingerprint density at radius 2 is 1.58 bits per heavy atom. The molecule has 1 aliphatic carbocycles. The van der Waals surface area contributed by atoms with Gasteiger partial charge in [-0.2, -0.15) is 0 Å². The number of rotatable bonds is 3. The zero-order valence-electron chi connectivity index (χ0n) is 13.3. The first kappa shape index (κ1) is 15.3. The molecule has 2 N–H and O–H groups in total. The molecule has 19 heavy (non-hydrogen) atoms. The Morgan fingerprint density at radius 3 is 2.05 bits per heavy atom. The van der Waals surface area contributed by atoms with Crippen LogP contribution >= 0.6 is 0 Å². The van der Waals surface area contributed by atoms with Crippen molar-refractivity contribution in [2.75, 3.05) is 19.6 Å². The molecule has 0 spiro atoms. The van der Waals surface area contributed by atoms with Gasteiger partial charge in [0.1, 0.15) is 0 Å². The van der Waals surface area contributed by atoms with Gasteiger partial charge in [0.05, 0.1) is 0 Å². The second-order valence-corrected chi connectivity index (χ2v) is 7.88. The maximum atomic E-state index is 6.11. The molecule has 0 aromatic heterocycles. The van der Waals surface area contributed by atoms with Gasteiger partial charge in [0.25, 0.3) is 0 Å². The number of hydrogen-bond donors (Lipinski definition) is 1. The van der Waals surface area contributed by atoms with E-state index < -0.39 is 0 Å². The van der Waals surface area contributed by atoms with Crippen LogP contribution in [-0.4, -0.2) is 30.6 Å². The normalized spacial score (nSPS) is 26.5. The van der Waals surface area contributed by atoms with Crippen LogP contribution in [0.5, 0.6) is 0 Å². The summed E-state index contributed by atoms with van der Waals surface area (Å²) in [6.45, 7) is 10.6. The SMILES string of the molecule is CC(C)(C)C1CCN(C(CN)C2CCCCC2)CC1. The Hall–Kier alpha value is -0.0800. The van der Waals surface area contributed by atoms with Crippen LogP contribution in [0.1, 0.15) is 65.7 Å². The summed E-state index contributed by atoms with van der Waals surface area (Å²) < 4.78 is 0. The molecule has 0 amide bonds. The van der Waals surface area contributed by atoms with Crippen LogP contribution in [0.15, 0.2) is 0 Å². The average Bonchev–Trinajstić information content (AvgIpc) is 2.40. The van der Waals surface area contributed by atoms with Gasteiger partial charge in [-0.15, -0.1) is 0 Å². The van der Waals surface area contributed by atoms with Gasteiger partial charge < -0.3 is 5.73 Å². The van der Waals surface area contributed by atoms with Gasteiger partial charge in [-0.3, -0.25) is 4.90 Å². The molecule has 112 valence electrons. The van der Waals surface area contributed by atoms with Crippen molar-refractivity contribution >= 4 is 0 Å². The molecule has 2 rings (SSSR count). The zero-order valence-corrected chi connectivity index (χ0v) is 13.3. The Morgan fingerprint density at radius 1 is 1.00 bits per heavy atom. The van der Waals surface area contributed by atoms with E-state index in [-0.39, 0.29) is 0 Å². The number of nitrogens with two attached hydrogens (primary N) is 1. The lowest BCUT2D eigenvalue weighted by Crippen LogP contribution is -2.50. The average molecular weight is 266 g/mol. The van der Waals surface area contributed by atoms with E-state index in [0.717, 1.165) is 18.4 Å². The lowest BCUT2D eigenvalue weighted by atomic mass is 9.74. The van der Waals surface area contributed by atoms with Gasteiger partial charge in [-0.25, -0.2) is 0 Å². The van der Waals surface area contributed by atoms with Gasteiger partial charge in [0.2, 0.25) is 0 Å². The smallest absolute Gasteiger partial charge is 0.0246 e. The monoisotopic (exact) mass is 266 g/mol. The highest BCUT2D eigenvalue weighted by atomic mass is 15.2. The summed E-state index contributed by atoms with van der Waals surface area (Å²) in [5, 5.41) is 0. The van der Waals surface area contributed by atoms with E-state index >= 15 is 0 Å². The third kappa shape index (κ3) is 3.95. The van der Waals surface area contributed by atoms with Crippen LogP contribution in [0.25, 0.3) is 0 Å². The molecule has 2 aliphatic rings. The summed E-state index contributed by atoms with van der Waals surface area (Å²) in [4.78, 5) is 2.72. The first-order chi connectivity index (χ1) is 9.02. The van der Waals surface area contributed by atoms with Crippen molar-refractivity contribution in [2.45, 2.75) is 71.8 Å². The van der Waals surface area contributed by atoms with Gasteiger partial charge in [0, 0.05) is 12.6 Å². The number of piperidine rings is 1. The molecule has 2 nitrogen and oxygen atoms in total. The van der Waals surface area contributed by atoms with Crippen molar-refractivity contribution in [3.63, 3.8) is 0 Å². The minimum absolute atomic E-state index is 0.481. The Bertz CT molecular complexity index is 255. The fraction of sp³-hybridized carbons (Fsp3) is 1.00. The van der Waals surface area contributed by atoms with Crippen molar-refractivity contribution in [3.05, 3.63) is 0 Å². The van der Waals surface area contributed by atoms with E-state index in [2.05, 4.69) is 25.7 Å². The predicted octanol–water partition coefficient (Wildman–Crippen LogP) is 3.65. The van der Waals surface area contributed by atoms with E-state index in [9.17, 15) is 0 Å². The summed E-state index contributed by atoms with van der Waals surface area (Å²) in [7, 11) is 0. The van der Waals surface area contributed by atoms with Crippen molar-refractivity contribution in [1.29, 1.82) is 0 Å². The first-order valence-corrected chi connectivity index (χ1v) is 8.46. The van der Waals surface area contributed by atoms with Crippen LogP contribution in [-0.2, 0) is 0 Å². The molecular formula is C17H34N2. The highest BCUT2D eigenvalue weighted by Gasteiger charge is 2.33. The van der Waals surface area contributed by atoms with Crippen molar-refractivity contribution in [1.82, 2.24) is 4.90 Å². The van der Waals surface area contributed by atoms with Crippen molar-refractivity contribution < 1.29 is 0 Å². The van der Waals surface area contributed by atoms with Crippen molar-refractivity contribution in [2.24, 2.45) is 23.0 Å². The maximum absolute atomic E-state index is 6.11. The molecule has 1 unspecified atom stereocenters. The molecule has 1 aliphatic heterocycles. The van der Waals surface area contributed by atoms with Crippen molar-refractivity contribution in [3.8, 4) is 0 Å². The summed E-state index contributed by atoms with van der Waals surface area (Å²) in [6, 6.07) is 0.668. The van der Waals surface area contributed by atoms with Crippen LogP contribution in [0.2, 0.25) is 0 Å². The minimum atomic E-state index is 0.481. The molecule has 1 heterocycles. The van der Waals surface area contributed by atoms with Crippen LogP contribution in [0.3, 0.4) is 0 Å². The molecule has 0 bridgehead atoms. The second kappa shape index (κ2) is 6.58. The standard InChI is InChI=1S/C17H34N2/c1-17(2,3)15-9-11-19(12-10-15)16(13-18)14-7-5-4-6-8-14/h14-16H,4-13,18H2,1-3H3. The molecule has 1 saturated heterocycles. The summed E-state index contributed by atoms with van der Waals surface area (Å²) >= 11 is 0. The molecule has 0 aromatic carbocycles. The topological polar surface area (TPSA) is 29.3 Å². The fourth-order valence-electron chi connectivity index (χ4n) is 4.26. The Balaban J connectivity index is 1.87. The molecule has 2 heteroatoms.